The van der Waals surface area contributed by atoms with E-state index in [1.165, 1.54) is 0 Å². The van der Waals surface area contributed by atoms with Crippen molar-refractivity contribution in [1.29, 1.82) is 0 Å². The van der Waals surface area contributed by atoms with E-state index in [1.54, 1.807) is 11.5 Å². The predicted octanol–water partition coefficient (Wildman–Crippen LogP) is 1.04. The number of amides is 1. The van der Waals surface area contributed by atoms with Crippen molar-refractivity contribution in [2.75, 3.05) is 44.7 Å². The van der Waals surface area contributed by atoms with Gasteiger partial charge in [-0.25, -0.2) is 4.79 Å². The molecular weight excluding hydrogens is 342 g/mol. The number of hydrogen-bond acceptors (Lipinski definition) is 5. The molecule has 0 atom stereocenters. The smallest absolute Gasteiger partial charge is 0.348 e. The molecule has 2 aromatic rings. The van der Waals surface area contributed by atoms with Crippen molar-refractivity contribution >= 4 is 11.6 Å². The van der Waals surface area contributed by atoms with Gasteiger partial charge in [-0.2, -0.15) is 4.98 Å². The van der Waals surface area contributed by atoms with E-state index in [0.29, 0.717) is 24.3 Å². The Balaban J connectivity index is 1.55. The lowest BCUT2D eigenvalue weighted by molar-refractivity contribution is 0.0952. The zero-order valence-corrected chi connectivity index (χ0v) is 16.2. The third kappa shape index (κ3) is 4.74. The second-order valence-corrected chi connectivity index (χ2v) is 7.07. The fraction of sp³-hybridized carbons (Fsp3) is 0.450. The molecule has 1 fully saturated rings. The second-order valence-electron chi connectivity index (χ2n) is 7.07. The Bertz CT molecular complexity index is 852. The maximum atomic E-state index is 12.4. The first-order valence-corrected chi connectivity index (χ1v) is 9.31. The first-order valence-electron chi connectivity index (χ1n) is 9.31. The van der Waals surface area contributed by atoms with E-state index in [9.17, 15) is 9.59 Å². The number of likely N-dealkylation sites (N-methyl/N-ethyl adjacent to an activating group) is 1. The zero-order valence-electron chi connectivity index (χ0n) is 16.2. The summed E-state index contributed by atoms with van der Waals surface area (Å²) < 4.78 is 1.57. The van der Waals surface area contributed by atoms with Crippen LogP contribution in [0, 0.1) is 13.8 Å². The zero-order chi connectivity index (χ0) is 19.4. The van der Waals surface area contributed by atoms with Crippen molar-refractivity contribution in [3.8, 4) is 0 Å². The van der Waals surface area contributed by atoms with Gasteiger partial charge in [-0.3, -0.25) is 9.36 Å². The molecule has 144 valence electrons. The van der Waals surface area contributed by atoms with Crippen LogP contribution in [-0.2, 0) is 6.54 Å². The van der Waals surface area contributed by atoms with Crippen LogP contribution in [0.5, 0.6) is 0 Å². The molecule has 0 saturated carbocycles. The van der Waals surface area contributed by atoms with Gasteiger partial charge in [-0.05, 0) is 51.2 Å². The van der Waals surface area contributed by atoms with E-state index in [1.807, 2.05) is 37.3 Å². The summed E-state index contributed by atoms with van der Waals surface area (Å²) in [5.74, 6) is -0.134. The van der Waals surface area contributed by atoms with Gasteiger partial charge in [0, 0.05) is 61.9 Å². The van der Waals surface area contributed by atoms with Crippen LogP contribution in [0.3, 0.4) is 0 Å². The molecule has 1 N–H and O–H groups in total. The van der Waals surface area contributed by atoms with E-state index in [4.69, 9.17) is 0 Å². The first-order chi connectivity index (χ1) is 12.9. The van der Waals surface area contributed by atoms with Gasteiger partial charge in [0.15, 0.2) is 0 Å². The summed E-state index contributed by atoms with van der Waals surface area (Å²) in [6.45, 7) is 8.56. The minimum Gasteiger partial charge on any atom is -0.369 e. The lowest BCUT2D eigenvalue weighted by Crippen LogP contribution is -2.44. The molecule has 0 spiro atoms. The Morgan fingerprint density at radius 1 is 1.11 bits per heavy atom. The summed E-state index contributed by atoms with van der Waals surface area (Å²) in [5.41, 5.74) is 3.04. The normalized spacial score (nSPS) is 15.0. The number of aromatic nitrogens is 2. The minimum absolute atomic E-state index is 0.134. The SMILES string of the molecule is Cc1cc(C)n(CCNC(=O)c2ccc(N3CCN(C)CC3)cc2)c(=O)n1. The number of carbonyl (C=O) groups is 1. The van der Waals surface area contributed by atoms with Crippen molar-refractivity contribution in [2.45, 2.75) is 20.4 Å². The summed E-state index contributed by atoms with van der Waals surface area (Å²) in [6, 6.07) is 9.57. The van der Waals surface area contributed by atoms with Gasteiger partial charge >= 0.3 is 5.69 Å². The Morgan fingerprint density at radius 2 is 1.78 bits per heavy atom. The number of anilines is 1. The molecule has 1 amide bonds. The van der Waals surface area contributed by atoms with Crippen LogP contribution in [0.4, 0.5) is 5.69 Å². The average Bonchev–Trinajstić information content (AvgIpc) is 2.64. The number of piperazine rings is 1. The molecule has 2 heterocycles. The molecule has 0 radical (unpaired) electrons. The molecule has 0 unspecified atom stereocenters. The topological polar surface area (TPSA) is 70.5 Å². The summed E-state index contributed by atoms with van der Waals surface area (Å²) in [7, 11) is 2.13. The van der Waals surface area contributed by atoms with Crippen molar-refractivity contribution in [2.24, 2.45) is 0 Å². The fourth-order valence-electron chi connectivity index (χ4n) is 3.32. The molecule has 1 aliphatic heterocycles. The Labute approximate surface area is 159 Å². The van der Waals surface area contributed by atoms with E-state index in [-0.39, 0.29) is 11.6 Å². The van der Waals surface area contributed by atoms with Crippen molar-refractivity contribution in [3.63, 3.8) is 0 Å². The number of aryl methyl sites for hydroxylation is 2. The highest BCUT2D eigenvalue weighted by molar-refractivity contribution is 5.94. The van der Waals surface area contributed by atoms with E-state index < -0.39 is 0 Å². The van der Waals surface area contributed by atoms with Gasteiger partial charge in [0.25, 0.3) is 5.91 Å². The highest BCUT2D eigenvalue weighted by Gasteiger charge is 2.14. The van der Waals surface area contributed by atoms with Gasteiger partial charge in [0.1, 0.15) is 0 Å². The molecule has 3 rings (SSSR count). The lowest BCUT2D eigenvalue weighted by Gasteiger charge is -2.34. The summed E-state index contributed by atoms with van der Waals surface area (Å²) >= 11 is 0. The molecule has 1 aromatic carbocycles. The number of nitrogens with zero attached hydrogens (tertiary/aromatic N) is 4. The number of hydrogen-bond donors (Lipinski definition) is 1. The Kier molecular flexibility index (Phi) is 5.91. The predicted molar refractivity (Wildman–Crippen MR) is 106 cm³/mol. The average molecular weight is 369 g/mol. The molecule has 27 heavy (non-hydrogen) atoms. The van der Waals surface area contributed by atoms with Crippen LogP contribution >= 0.6 is 0 Å². The number of benzene rings is 1. The minimum atomic E-state index is -0.279. The Morgan fingerprint density at radius 3 is 2.41 bits per heavy atom. The monoisotopic (exact) mass is 369 g/mol. The number of rotatable bonds is 5. The summed E-state index contributed by atoms with van der Waals surface area (Å²) in [5, 5.41) is 2.87. The first kappa shape index (κ1) is 19.1. The summed E-state index contributed by atoms with van der Waals surface area (Å²) in [6.07, 6.45) is 0. The van der Waals surface area contributed by atoms with E-state index in [2.05, 4.69) is 27.1 Å². The van der Waals surface area contributed by atoms with Crippen LogP contribution < -0.4 is 15.9 Å². The molecule has 1 saturated heterocycles. The fourth-order valence-corrected chi connectivity index (χ4v) is 3.32. The van der Waals surface area contributed by atoms with E-state index >= 15 is 0 Å². The van der Waals surface area contributed by atoms with Crippen LogP contribution in [0.1, 0.15) is 21.7 Å². The van der Waals surface area contributed by atoms with Crippen molar-refractivity contribution in [1.82, 2.24) is 19.8 Å². The van der Waals surface area contributed by atoms with Crippen molar-refractivity contribution in [3.05, 3.63) is 57.8 Å². The van der Waals surface area contributed by atoms with Gasteiger partial charge in [-0.1, -0.05) is 0 Å². The third-order valence-corrected chi connectivity index (χ3v) is 4.97. The third-order valence-electron chi connectivity index (χ3n) is 4.97. The largest absolute Gasteiger partial charge is 0.369 e. The van der Waals surface area contributed by atoms with Gasteiger partial charge in [0.05, 0.1) is 0 Å². The van der Waals surface area contributed by atoms with Crippen LogP contribution in [-0.4, -0.2) is 60.1 Å². The maximum Gasteiger partial charge on any atom is 0.348 e. The van der Waals surface area contributed by atoms with Crippen LogP contribution in [0.2, 0.25) is 0 Å². The molecular formula is C20H27N5O2. The Hall–Kier alpha value is -2.67. The van der Waals surface area contributed by atoms with Gasteiger partial charge in [-0.15, -0.1) is 0 Å². The van der Waals surface area contributed by atoms with Crippen LogP contribution in [0.25, 0.3) is 0 Å². The summed E-state index contributed by atoms with van der Waals surface area (Å²) in [4.78, 5) is 32.9. The molecule has 0 aliphatic carbocycles. The number of nitrogens with one attached hydrogen (secondary N) is 1. The number of carbonyl (C=O) groups excluding carboxylic acids is 1. The molecule has 0 bridgehead atoms. The lowest BCUT2D eigenvalue weighted by atomic mass is 10.1. The molecule has 7 nitrogen and oxygen atoms in total. The van der Waals surface area contributed by atoms with Crippen LogP contribution in [0.15, 0.2) is 35.1 Å². The maximum absolute atomic E-state index is 12.4. The van der Waals surface area contributed by atoms with Gasteiger partial charge < -0.3 is 15.1 Å². The molecule has 7 heteroatoms. The van der Waals surface area contributed by atoms with Gasteiger partial charge in [0.2, 0.25) is 0 Å². The quantitative estimate of drug-likeness (QED) is 0.853. The van der Waals surface area contributed by atoms with Crippen molar-refractivity contribution < 1.29 is 4.79 Å². The second kappa shape index (κ2) is 8.35. The van der Waals surface area contributed by atoms with E-state index in [0.717, 1.165) is 37.6 Å². The molecule has 1 aromatic heterocycles. The highest BCUT2D eigenvalue weighted by atomic mass is 16.2. The highest BCUT2D eigenvalue weighted by Crippen LogP contribution is 2.17. The molecule has 1 aliphatic rings. The standard InChI is InChI=1S/C20H27N5O2/c1-15-14-16(2)25(20(27)22-15)9-8-21-19(26)17-4-6-18(7-5-17)24-12-10-23(3)11-13-24/h4-7,14H,8-13H2,1-3H3,(H,21,26).